The molecule has 27 heavy (non-hydrogen) atoms. The summed E-state index contributed by atoms with van der Waals surface area (Å²) in [7, 11) is 0. The van der Waals surface area contributed by atoms with E-state index in [2.05, 4.69) is 16.0 Å². The Hall–Kier alpha value is -2.56. The van der Waals surface area contributed by atoms with Crippen molar-refractivity contribution in [2.45, 2.75) is 25.4 Å². The van der Waals surface area contributed by atoms with Gasteiger partial charge in [-0.15, -0.1) is 0 Å². The van der Waals surface area contributed by atoms with Gasteiger partial charge in [-0.05, 0) is 13.0 Å². The average Bonchev–Trinajstić information content (AvgIpc) is 2.63. The standard InChI is InChI=1S/C18H17Cl2N5O2/c1-18(27-17(22)26)5-7-25(8-6-18)14-10-23-16(13(9-21)24-14)11-3-2-4-12(19)15(11)20/h2-4,10H,5-8H2,1H3,(H2,22,26). The molecular weight excluding hydrogens is 389 g/mol. The summed E-state index contributed by atoms with van der Waals surface area (Å²) < 4.78 is 5.21. The molecule has 0 atom stereocenters. The zero-order valence-electron chi connectivity index (χ0n) is 14.6. The molecule has 0 unspecified atom stereocenters. The van der Waals surface area contributed by atoms with Gasteiger partial charge in [-0.25, -0.2) is 14.8 Å². The first-order chi connectivity index (χ1) is 12.8. The van der Waals surface area contributed by atoms with Crippen LogP contribution in [0.3, 0.4) is 0 Å². The van der Waals surface area contributed by atoms with E-state index in [1.165, 1.54) is 0 Å². The fourth-order valence-electron chi connectivity index (χ4n) is 3.05. The summed E-state index contributed by atoms with van der Waals surface area (Å²) in [5, 5.41) is 10.2. The molecule has 1 saturated heterocycles. The second-order valence-electron chi connectivity index (χ2n) is 6.50. The van der Waals surface area contributed by atoms with Gasteiger partial charge in [-0.3, -0.25) is 0 Å². The fraction of sp³-hybridized carbons (Fsp3) is 0.333. The quantitative estimate of drug-likeness (QED) is 0.832. The maximum absolute atomic E-state index is 11.0. The number of nitriles is 1. The van der Waals surface area contributed by atoms with E-state index < -0.39 is 11.7 Å². The van der Waals surface area contributed by atoms with Crippen molar-refractivity contribution in [1.29, 1.82) is 5.26 Å². The first-order valence-corrected chi connectivity index (χ1v) is 9.03. The number of piperidine rings is 1. The molecule has 2 heterocycles. The molecule has 0 saturated carbocycles. The summed E-state index contributed by atoms with van der Waals surface area (Å²) in [6.45, 7) is 3.05. The van der Waals surface area contributed by atoms with Gasteiger partial charge in [-0.2, -0.15) is 5.26 Å². The van der Waals surface area contributed by atoms with Gasteiger partial charge in [0.15, 0.2) is 5.69 Å². The molecule has 1 fully saturated rings. The molecule has 140 valence electrons. The number of carbonyl (C=O) groups is 1. The largest absolute Gasteiger partial charge is 0.443 e. The lowest BCUT2D eigenvalue weighted by Crippen LogP contribution is -2.46. The van der Waals surface area contributed by atoms with Crippen LogP contribution in [0.25, 0.3) is 11.3 Å². The van der Waals surface area contributed by atoms with Crippen LogP contribution >= 0.6 is 23.2 Å². The summed E-state index contributed by atoms with van der Waals surface area (Å²) in [5.74, 6) is 0.578. The summed E-state index contributed by atoms with van der Waals surface area (Å²) >= 11 is 12.3. The van der Waals surface area contributed by atoms with Gasteiger partial charge < -0.3 is 15.4 Å². The van der Waals surface area contributed by atoms with Gasteiger partial charge in [0.05, 0.1) is 16.2 Å². The summed E-state index contributed by atoms with van der Waals surface area (Å²) in [6.07, 6.45) is 2.02. The van der Waals surface area contributed by atoms with Gasteiger partial charge in [0.2, 0.25) is 0 Å². The number of ether oxygens (including phenoxy) is 1. The van der Waals surface area contributed by atoms with Gasteiger partial charge in [0.25, 0.3) is 0 Å². The highest BCUT2D eigenvalue weighted by Gasteiger charge is 2.34. The fourth-order valence-corrected chi connectivity index (χ4v) is 3.44. The zero-order valence-corrected chi connectivity index (χ0v) is 16.1. The second-order valence-corrected chi connectivity index (χ2v) is 7.28. The maximum Gasteiger partial charge on any atom is 0.405 e. The molecule has 3 rings (SSSR count). The third kappa shape index (κ3) is 4.07. The van der Waals surface area contributed by atoms with Crippen LogP contribution in [0.4, 0.5) is 10.6 Å². The molecule has 1 amide bonds. The number of amides is 1. The number of nitrogens with two attached hydrogens (primary N) is 1. The second kappa shape index (κ2) is 7.59. The number of halogens is 2. The number of primary amides is 1. The van der Waals surface area contributed by atoms with E-state index in [0.717, 1.165) is 0 Å². The number of nitrogens with zero attached hydrogens (tertiary/aromatic N) is 4. The summed E-state index contributed by atoms with van der Waals surface area (Å²) in [6, 6.07) is 7.22. The van der Waals surface area contributed by atoms with E-state index in [1.54, 1.807) is 24.4 Å². The highest BCUT2D eigenvalue weighted by molar-refractivity contribution is 6.43. The number of hydrogen-bond donors (Lipinski definition) is 1. The van der Waals surface area contributed by atoms with Crippen molar-refractivity contribution in [2.24, 2.45) is 5.73 Å². The van der Waals surface area contributed by atoms with Crippen molar-refractivity contribution in [3.8, 4) is 17.3 Å². The number of aromatic nitrogens is 2. The normalized spacial score (nSPS) is 15.9. The smallest absolute Gasteiger partial charge is 0.405 e. The van der Waals surface area contributed by atoms with Crippen LogP contribution in [0.1, 0.15) is 25.5 Å². The summed E-state index contributed by atoms with van der Waals surface area (Å²) in [5.41, 5.74) is 5.64. The van der Waals surface area contributed by atoms with Crippen LogP contribution in [-0.4, -0.2) is 34.8 Å². The van der Waals surface area contributed by atoms with Crippen LogP contribution in [-0.2, 0) is 4.74 Å². The Balaban J connectivity index is 1.85. The number of carbonyl (C=O) groups excluding carboxylic acids is 1. The van der Waals surface area contributed by atoms with E-state index in [0.29, 0.717) is 53.1 Å². The minimum atomic E-state index is -0.778. The third-order valence-electron chi connectivity index (χ3n) is 4.56. The van der Waals surface area contributed by atoms with Crippen molar-refractivity contribution < 1.29 is 9.53 Å². The van der Waals surface area contributed by atoms with Crippen molar-refractivity contribution in [3.63, 3.8) is 0 Å². The lowest BCUT2D eigenvalue weighted by molar-refractivity contribution is 0.0126. The van der Waals surface area contributed by atoms with Gasteiger partial charge in [-0.1, -0.05) is 35.3 Å². The molecule has 1 aromatic carbocycles. The monoisotopic (exact) mass is 405 g/mol. The molecule has 0 radical (unpaired) electrons. The molecule has 0 spiro atoms. The first kappa shape index (κ1) is 19.2. The first-order valence-electron chi connectivity index (χ1n) is 8.28. The predicted molar refractivity (Wildman–Crippen MR) is 103 cm³/mol. The molecule has 7 nitrogen and oxygen atoms in total. The van der Waals surface area contributed by atoms with E-state index in [-0.39, 0.29) is 5.69 Å². The topological polar surface area (TPSA) is 105 Å². The van der Waals surface area contributed by atoms with Crippen LogP contribution in [0.15, 0.2) is 24.4 Å². The van der Waals surface area contributed by atoms with Crippen molar-refractivity contribution in [2.75, 3.05) is 18.0 Å². The SMILES string of the molecule is CC1(OC(N)=O)CCN(c2cnc(-c3cccc(Cl)c3Cl)c(C#N)n2)CC1. The lowest BCUT2D eigenvalue weighted by atomic mass is 9.93. The molecule has 0 aliphatic carbocycles. The highest BCUT2D eigenvalue weighted by Crippen LogP contribution is 2.34. The van der Waals surface area contributed by atoms with Crippen LogP contribution in [0, 0.1) is 11.3 Å². The third-order valence-corrected chi connectivity index (χ3v) is 5.38. The molecular formula is C18H17Cl2N5O2. The number of benzene rings is 1. The minimum Gasteiger partial charge on any atom is -0.443 e. The van der Waals surface area contributed by atoms with Gasteiger partial charge in [0.1, 0.15) is 23.2 Å². The van der Waals surface area contributed by atoms with Crippen LogP contribution in [0.2, 0.25) is 10.0 Å². The molecule has 0 bridgehead atoms. The molecule has 1 aliphatic rings. The lowest BCUT2D eigenvalue weighted by Gasteiger charge is -2.38. The van der Waals surface area contributed by atoms with Crippen molar-refractivity contribution >= 4 is 35.1 Å². The Kier molecular flexibility index (Phi) is 5.40. The molecule has 9 heteroatoms. The Bertz CT molecular complexity index is 920. The number of rotatable bonds is 3. The Labute approximate surface area is 166 Å². The Morgan fingerprint density at radius 2 is 2.07 bits per heavy atom. The molecule has 1 aliphatic heterocycles. The van der Waals surface area contributed by atoms with Crippen LogP contribution < -0.4 is 10.6 Å². The van der Waals surface area contributed by atoms with E-state index in [9.17, 15) is 10.1 Å². The Morgan fingerprint density at radius 3 is 2.70 bits per heavy atom. The molecule has 1 aromatic heterocycles. The predicted octanol–water partition coefficient (Wildman–Crippen LogP) is 3.78. The zero-order chi connectivity index (χ0) is 19.6. The average molecular weight is 406 g/mol. The van der Waals surface area contributed by atoms with E-state index in [1.807, 2.05) is 11.8 Å². The van der Waals surface area contributed by atoms with Gasteiger partial charge in [0, 0.05) is 31.5 Å². The number of anilines is 1. The Morgan fingerprint density at radius 1 is 1.37 bits per heavy atom. The van der Waals surface area contributed by atoms with Gasteiger partial charge >= 0.3 is 6.09 Å². The molecule has 2 aromatic rings. The van der Waals surface area contributed by atoms with E-state index in [4.69, 9.17) is 33.7 Å². The summed E-state index contributed by atoms with van der Waals surface area (Å²) in [4.78, 5) is 21.9. The van der Waals surface area contributed by atoms with Crippen molar-refractivity contribution in [1.82, 2.24) is 9.97 Å². The highest BCUT2D eigenvalue weighted by atomic mass is 35.5. The van der Waals surface area contributed by atoms with E-state index >= 15 is 0 Å². The van der Waals surface area contributed by atoms with Crippen LogP contribution in [0.5, 0.6) is 0 Å². The molecule has 2 N–H and O–H groups in total. The maximum atomic E-state index is 11.0. The van der Waals surface area contributed by atoms with Crippen molar-refractivity contribution in [3.05, 3.63) is 40.1 Å². The number of hydrogen-bond acceptors (Lipinski definition) is 6. The minimum absolute atomic E-state index is 0.165.